The summed E-state index contributed by atoms with van der Waals surface area (Å²) in [5, 5.41) is 3.00. The molecule has 0 aliphatic heterocycles. The molecule has 3 N–H and O–H groups in total. The Hall–Kier alpha value is -2.62. The zero-order valence-corrected chi connectivity index (χ0v) is 13.1. The first-order valence-corrected chi connectivity index (χ1v) is 7.61. The third-order valence-corrected chi connectivity index (χ3v) is 3.69. The van der Waals surface area contributed by atoms with Crippen molar-refractivity contribution in [3.63, 3.8) is 0 Å². The molecule has 2 amide bonds. The van der Waals surface area contributed by atoms with E-state index in [4.69, 9.17) is 5.73 Å². The minimum absolute atomic E-state index is 0.212. The number of hydrogen-bond donors (Lipinski definition) is 2. The summed E-state index contributed by atoms with van der Waals surface area (Å²) in [5.41, 5.74) is 7.22. The Morgan fingerprint density at radius 2 is 1.48 bits per heavy atom. The third-order valence-electron chi connectivity index (χ3n) is 3.69. The Morgan fingerprint density at radius 1 is 1.00 bits per heavy atom. The molecule has 0 spiro atoms. The summed E-state index contributed by atoms with van der Waals surface area (Å²) in [5.74, 6) is -0.972. The fourth-order valence-corrected chi connectivity index (χ4v) is 2.25. The van der Waals surface area contributed by atoms with Crippen molar-refractivity contribution in [2.75, 3.05) is 0 Å². The van der Waals surface area contributed by atoms with Gasteiger partial charge in [-0.05, 0) is 17.5 Å². The van der Waals surface area contributed by atoms with Gasteiger partial charge in [0.05, 0.1) is 12.5 Å². The maximum Gasteiger partial charge on any atom is 0.224 e. The molecular weight excluding hydrogens is 288 g/mol. The van der Waals surface area contributed by atoms with Gasteiger partial charge >= 0.3 is 0 Å². The van der Waals surface area contributed by atoms with Crippen LogP contribution in [0.3, 0.4) is 0 Å². The smallest absolute Gasteiger partial charge is 0.224 e. The molecule has 0 aliphatic rings. The maximum absolute atomic E-state index is 12.2. The van der Waals surface area contributed by atoms with E-state index < -0.39 is 5.91 Å². The summed E-state index contributed by atoms with van der Waals surface area (Å²) in [4.78, 5) is 23.3. The molecule has 2 rings (SSSR count). The average molecular weight is 309 g/mol. The lowest BCUT2D eigenvalue weighted by atomic mass is 9.98. The standard InChI is InChI=1S/C19H21N2O2/c1-14(19(20)23)12-13-17(22)21-18(15-8-4-2-5-9-15)16-10-6-3-7-11-16/h2-11,13-14,18H,12H2,1H3,(H2,20,23)(H,21,22). The van der Waals surface area contributed by atoms with Gasteiger partial charge in [0.2, 0.25) is 11.8 Å². The number of primary amides is 1. The zero-order valence-electron chi connectivity index (χ0n) is 13.1. The predicted octanol–water partition coefficient (Wildman–Crippen LogP) is 2.61. The van der Waals surface area contributed by atoms with E-state index in [-0.39, 0.29) is 17.9 Å². The van der Waals surface area contributed by atoms with Crippen LogP contribution in [0.2, 0.25) is 0 Å². The lowest BCUT2D eigenvalue weighted by Crippen LogP contribution is -2.30. The van der Waals surface area contributed by atoms with Gasteiger partial charge in [-0.3, -0.25) is 9.59 Å². The van der Waals surface area contributed by atoms with E-state index in [0.29, 0.717) is 6.42 Å². The SMILES string of the molecule is CC(C[CH]C(=O)NC(c1ccccc1)c1ccccc1)C(N)=O. The van der Waals surface area contributed by atoms with Crippen LogP contribution in [0.25, 0.3) is 0 Å². The molecule has 119 valence electrons. The Kier molecular flexibility index (Phi) is 5.92. The molecule has 1 atom stereocenters. The number of rotatable bonds is 7. The molecule has 0 saturated carbocycles. The zero-order chi connectivity index (χ0) is 16.7. The number of benzene rings is 2. The van der Waals surface area contributed by atoms with Gasteiger partial charge in [0.1, 0.15) is 0 Å². The molecule has 0 fully saturated rings. The molecule has 2 aromatic carbocycles. The Bertz CT molecular complexity index is 601. The van der Waals surface area contributed by atoms with Crippen molar-refractivity contribution in [2.24, 2.45) is 11.7 Å². The molecule has 0 aromatic heterocycles. The van der Waals surface area contributed by atoms with Crippen molar-refractivity contribution in [3.05, 3.63) is 78.2 Å². The Labute approximate surface area is 136 Å². The molecule has 0 aliphatic carbocycles. The minimum atomic E-state index is -0.406. The van der Waals surface area contributed by atoms with Gasteiger partial charge in [0.15, 0.2) is 0 Å². The topological polar surface area (TPSA) is 72.2 Å². The highest BCUT2D eigenvalue weighted by atomic mass is 16.2. The molecule has 0 bridgehead atoms. The fourth-order valence-electron chi connectivity index (χ4n) is 2.25. The van der Waals surface area contributed by atoms with Crippen molar-refractivity contribution in [2.45, 2.75) is 19.4 Å². The van der Waals surface area contributed by atoms with Crippen molar-refractivity contribution >= 4 is 11.8 Å². The monoisotopic (exact) mass is 309 g/mol. The first-order chi connectivity index (χ1) is 11.1. The second-order valence-electron chi connectivity index (χ2n) is 5.51. The Morgan fingerprint density at radius 3 is 1.91 bits per heavy atom. The molecule has 23 heavy (non-hydrogen) atoms. The first-order valence-electron chi connectivity index (χ1n) is 7.61. The number of carbonyl (C=O) groups is 2. The van der Waals surface area contributed by atoms with Gasteiger partial charge in [-0.1, -0.05) is 67.6 Å². The number of amides is 2. The van der Waals surface area contributed by atoms with Gasteiger partial charge in [0, 0.05) is 5.92 Å². The molecule has 0 saturated heterocycles. The molecule has 0 heterocycles. The van der Waals surface area contributed by atoms with Crippen LogP contribution in [-0.4, -0.2) is 11.8 Å². The van der Waals surface area contributed by atoms with Crippen molar-refractivity contribution < 1.29 is 9.59 Å². The van der Waals surface area contributed by atoms with Gasteiger partial charge in [-0.15, -0.1) is 0 Å². The summed E-state index contributed by atoms with van der Waals surface area (Å²) < 4.78 is 0. The van der Waals surface area contributed by atoms with Gasteiger partial charge in [-0.25, -0.2) is 0 Å². The maximum atomic E-state index is 12.2. The normalized spacial score (nSPS) is 11.9. The van der Waals surface area contributed by atoms with E-state index in [1.807, 2.05) is 60.7 Å². The predicted molar refractivity (Wildman–Crippen MR) is 90.1 cm³/mol. The van der Waals surface area contributed by atoms with Crippen LogP contribution in [0, 0.1) is 12.3 Å². The second kappa shape index (κ2) is 8.13. The summed E-state index contributed by atoms with van der Waals surface area (Å²) in [6.45, 7) is 1.71. The van der Waals surface area contributed by atoms with Crippen LogP contribution in [0.5, 0.6) is 0 Å². The van der Waals surface area contributed by atoms with Crippen molar-refractivity contribution in [3.8, 4) is 0 Å². The quantitative estimate of drug-likeness (QED) is 0.825. The van der Waals surface area contributed by atoms with E-state index in [9.17, 15) is 9.59 Å². The summed E-state index contributed by atoms with van der Waals surface area (Å²) >= 11 is 0. The van der Waals surface area contributed by atoms with Crippen LogP contribution >= 0.6 is 0 Å². The fraction of sp³-hybridized carbons (Fsp3) is 0.211. The van der Waals surface area contributed by atoms with E-state index in [1.165, 1.54) is 6.42 Å². The van der Waals surface area contributed by atoms with Gasteiger partial charge < -0.3 is 11.1 Å². The van der Waals surface area contributed by atoms with Gasteiger partial charge in [-0.2, -0.15) is 0 Å². The number of carbonyl (C=O) groups excluding carboxylic acids is 2. The third kappa shape index (κ3) is 4.95. The van der Waals surface area contributed by atoms with Crippen LogP contribution in [0.15, 0.2) is 60.7 Å². The summed E-state index contributed by atoms with van der Waals surface area (Å²) in [6.07, 6.45) is 1.81. The summed E-state index contributed by atoms with van der Waals surface area (Å²) in [7, 11) is 0. The van der Waals surface area contributed by atoms with E-state index >= 15 is 0 Å². The lowest BCUT2D eigenvalue weighted by molar-refractivity contribution is -0.121. The van der Waals surface area contributed by atoms with Crippen molar-refractivity contribution in [1.29, 1.82) is 0 Å². The van der Waals surface area contributed by atoms with Crippen molar-refractivity contribution in [1.82, 2.24) is 5.32 Å². The molecular formula is C19H21N2O2. The molecule has 2 aromatic rings. The number of nitrogens with one attached hydrogen (secondary N) is 1. The molecule has 4 heteroatoms. The van der Waals surface area contributed by atoms with E-state index in [0.717, 1.165) is 11.1 Å². The minimum Gasteiger partial charge on any atom is -0.369 e. The van der Waals surface area contributed by atoms with Crippen LogP contribution in [0.1, 0.15) is 30.5 Å². The highest BCUT2D eigenvalue weighted by molar-refractivity contribution is 5.86. The molecule has 1 unspecified atom stereocenters. The van der Waals surface area contributed by atoms with Gasteiger partial charge in [0.25, 0.3) is 0 Å². The Balaban J connectivity index is 2.10. The number of hydrogen-bond acceptors (Lipinski definition) is 2. The molecule has 4 nitrogen and oxygen atoms in total. The summed E-state index contributed by atoms with van der Waals surface area (Å²) in [6, 6.07) is 19.3. The van der Waals surface area contributed by atoms with E-state index in [2.05, 4.69) is 5.32 Å². The lowest BCUT2D eigenvalue weighted by Gasteiger charge is -2.20. The van der Waals surface area contributed by atoms with E-state index in [1.54, 1.807) is 6.92 Å². The number of nitrogens with two attached hydrogens (primary N) is 1. The largest absolute Gasteiger partial charge is 0.369 e. The first kappa shape index (κ1) is 16.7. The molecule has 1 radical (unpaired) electrons. The van der Waals surface area contributed by atoms with Crippen LogP contribution < -0.4 is 11.1 Å². The second-order valence-corrected chi connectivity index (χ2v) is 5.51. The highest BCUT2D eigenvalue weighted by Crippen LogP contribution is 2.22. The van der Waals surface area contributed by atoms with Crippen LogP contribution in [-0.2, 0) is 9.59 Å². The van der Waals surface area contributed by atoms with Crippen LogP contribution in [0.4, 0.5) is 0 Å². The average Bonchev–Trinajstić information content (AvgIpc) is 2.59. The highest BCUT2D eigenvalue weighted by Gasteiger charge is 2.18.